The maximum absolute atomic E-state index is 13.1. The van der Waals surface area contributed by atoms with Crippen LogP contribution in [0, 0.1) is 5.92 Å². The zero-order chi connectivity index (χ0) is 18.4. The van der Waals surface area contributed by atoms with Gasteiger partial charge in [-0.1, -0.05) is 0 Å². The highest BCUT2D eigenvalue weighted by atomic mass is 35.5. The van der Waals surface area contributed by atoms with Gasteiger partial charge >= 0.3 is 0 Å². The van der Waals surface area contributed by atoms with E-state index >= 15 is 0 Å². The van der Waals surface area contributed by atoms with Crippen LogP contribution in [0.4, 0.5) is 0 Å². The van der Waals surface area contributed by atoms with Crippen molar-refractivity contribution in [3.63, 3.8) is 0 Å². The fraction of sp³-hybridized carbons (Fsp3) is 0.524. The maximum Gasteiger partial charge on any atom is 0.253 e. The summed E-state index contributed by atoms with van der Waals surface area (Å²) in [5, 5.41) is 1.04. The summed E-state index contributed by atoms with van der Waals surface area (Å²) in [5.41, 5.74) is 3.63. The molecule has 0 unspecified atom stereocenters. The normalized spacial score (nSPS) is 19.9. The molecule has 5 nitrogen and oxygen atoms in total. The van der Waals surface area contributed by atoms with Gasteiger partial charge in [-0.05, 0) is 54.7 Å². The monoisotopic (exact) mass is 419 g/mol. The summed E-state index contributed by atoms with van der Waals surface area (Å²) < 4.78 is 0. The van der Waals surface area contributed by atoms with Gasteiger partial charge < -0.3 is 9.88 Å². The minimum Gasteiger partial charge on any atom is -0.336 e. The number of aromatic nitrogens is 1. The highest BCUT2D eigenvalue weighted by molar-refractivity contribution is 7.98. The molecule has 3 heterocycles. The van der Waals surface area contributed by atoms with Crippen molar-refractivity contribution < 1.29 is 4.79 Å². The van der Waals surface area contributed by atoms with Crippen LogP contribution >= 0.6 is 24.2 Å². The van der Waals surface area contributed by atoms with Gasteiger partial charge in [0.2, 0.25) is 0 Å². The Balaban J connectivity index is 0.00000192. The number of carbonyl (C=O) groups excluding carboxylic acids is 1. The molecule has 1 aromatic heterocycles. The topological polar surface area (TPSA) is 56.4 Å². The molecule has 2 fully saturated rings. The number of halogens is 1. The first-order valence-corrected chi connectivity index (χ1v) is 11.1. The van der Waals surface area contributed by atoms with Gasteiger partial charge in [-0.2, -0.15) is 11.8 Å². The second-order valence-corrected chi connectivity index (χ2v) is 9.12. The van der Waals surface area contributed by atoms with Gasteiger partial charge in [-0.25, -0.2) is 0 Å². The number of pyridine rings is 1. The van der Waals surface area contributed by atoms with E-state index < -0.39 is 0 Å². The lowest BCUT2D eigenvalue weighted by atomic mass is 9.99. The Kier molecular flexibility index (Phi) is 5.72. The summed E-state index contributed by atoms with van der Waals surface area (Å²) >= 11 is 1.80. The molecule has 0 bridgehead atoms. The number of aryl methyl sites for hydroxylation is 1. The molecule has 0 atom stereocenters. The number of nitrogens with one attached hydrogen (secondary N) is 1. The van der Waals surface area contributed by atoms with Crippen LogP contribution in [0.25, 0.3) is 10.9 Å². The molecule has 1 aliphatic carbocycles. The second-order valence-electron chi connectivity index (χ2n) is 8.01. The summed E-state index contributed by atoms with van der Waals surface area (Å²) in [4.78, 5) is 32.8. The van der Waals surface area contributed by atoms with Crippen LogP contribution in [0.1, 0.15) is 34.3 Å². The average Bonchev–Trinajstić information content (AvgIpc) is 3.52. The molecule has 2 aliphatic heterocycles. The first kappa shape index (κ1) is 19.8. The smallest absolute Gasteiger partial charge is 0.253 e. The molecule has 1 saturated heterocycles. The van der Waals surface area contributed by atoms with Crippen molar-refractivity contribution in [3.8, 4) is 0 Å². The largest absolute Gasteiger partial charge is 0.336 e. The van der Waals surface area contributed by atoms with Gasteiger partial charge in [0.1, 0.15) is 0 Å². The first-order valence-electron chi connectivity index (χ1n) is 9.96. The van der Waals surface area contributed by atoms with E-state index in [1.807, 2.05) is 23.1 Å². The Morgan fingerprint density at radius 2 is 1.93 bits per heavy atom. The number of amides is 1. The zero-order valence-electron chi connectivity index (χ0n) is 15.9. The van der Waals surface area contributed by atoms with Gasteiger partial charge in [0, 0.05) is 60.5 Å². The lowest BCUT2D eigenvalue weighted by Crippen LogP contribution is -2.49. The van der Waals surface area contributed by atoms with Crippen LogP contribution in [0.5, 0.6) is 0 Å². The standard InChI is InChI=1S/C21H25N3O2S.ClH/c25-20-18-13-27-10-5-16(18)17-11-15(3-4-19(17)22-20)21(26)24-8-6-23(7-9-24)12-14-1-2-14;/h3-4,11,14H,1-2,5-10,12-13H2,(H,22,25);1H. The molecule has 7 heteroatoms. The molecular weight excluding hydrogens is 394 g/mol. The number of benzene rings is 1. The minimum atomic E-state index is 0. The van der Waals surface area contributed by atoms with Gasteiger partial charge in [0.25, 0.3) is 11.5 Å². The average molecular weight is 420 g/mol. The maximum atomic E-state index is 13.1. The van der Waals surface area contributed by atoms with Crippen LogP contribution in [0.15, 0.2) is 23.0 Å². The highest BCUT2D eigenvalue weighted by Crippen LogP contribution is 2.30. The first-order chi connectivity index (χ1) is 13.2. The molecule has 3 aliphatic rings. The number of hydrogen-bond acceptors (Lipinski definition) is 4. The van der Waals surface area contributed by atoms with E-state index in [2.05, 4.69) is 9.88 Å². The summed E-state index contributed by atoms with van der Waals surface area (Å²) in [6.45, 7) is 4.79. The number of rotatable bonds is 3. The Bertz CT molecular complexity index is 949. The highest BCUT2D eigenvalue weighted by Gasteiger charge is 2.28. The molecule has 28 heavy (non-hydrogen) atoms. The van der Waals surface area contributed by atoms with E-state index in [0.717, 1.165) is 77.6 Å². The van der Waals surface area contributed by atoms with Crippen LogP contribution < -0.4 is 5.56 Å². The van der Waals surface area contributed by atoms with Crippen molar-refractivity contribution in [2.75, 3.05) is 38.5 Å². The van der Waals surface area contributed by atoms with Crippen molar-refractivity contribution in [1.82, 2.24) is 14.8 Å². The molecule has 0 radical (unpaired) electrons. The minimum absolute atomic E-state index is 0. The fourth-order valence-electron chi connectivity index (χ4n) is 4.30. The van der Waals surface area contributed by atoms with E-state index in [1.165, 1.54) is 19.4 Å². The Hall–Kier alpha value is -1.50. The SMILES string of the molecule is Cl.O=C(c1ccc2[nH]c(=O)c3c(c2c1)CCSC3)N1CCN(CC2CC2)CC1. The third-order valence-corrected chi connectivity index (χ3v) is 7.08. The molecule has 1 amide bonds. The zero-order valence-corrected chi connectivity index (χ0v) is 17.5. The van der Waals surface area contributed by atoms with Crippen LogP contribution in [0.2, 0.25) is 0 Å². The summed E-state index contributed by atoms with van der Waals surface area (Å²) in [6, 6.07) is 5.76. The van der Waals surface area contributed by atoms with Gasteiger partial charge in [0.05, 0.1) is 0 Å². The summed E-state index contributed by atoms with van der Waals surface area (Å²) in [7, 11) is 0. The number of aromatic amines is 1. The lowest BCUT2D eigenvalue weighted by Gasteiger charge is -2.34. The molecule has 1 N–H and O–H groups in total. The van der Waals surface area contributed by atoms with E-state index in [0.29, 0.717) is 0 Å². The summed E-state index contributed by atoms with van der Waals surface area (Å²) in [5.74, 6) is 2.82. The Morgan fingerprint density at radius 1 is 1.14 bits per heavy atom. The van der Waals surface area contributed by atoms with Crippen LogP contribution in [-0.4, -0.2) is 59.2 Å². The summed E-state index contributed by atoms with van der Waals surface area (Å²) in [6.07, 6.45) is 3.65. The Morgan fingerprint density at radius 3 is 2.68 bits per heavy atom. The number of piperazine rings is 1. The van der Waals surface area contributed by atoms with Crippen molar-refractivity contribution in [3.05, 3.63) is 45.2 Å². The van der Waals surface area contributed by atoms with Gasteiger partial charge in [0.15, 0.2) is 0 Å². The predicted octanol–water partition coefficient (Wildman–Crippen LogP) is 2.91. The molecule has 150 valence electrons. The lowest BCUT2D eigenvalue weighted by molar-refractivity contribution is 0.0632. The number of thioether (sulfide) groups is 1. The number of carbonyl (C=O) groups is 1. The quantitative estimate of drug-likeness (QED) is 0.831. The van der Waals surface area contributed by atoms with Crippen LogP contribution in [-0.2, 0) is 12.2 Å². The van der Waals surface area contributed by atoms with E-state index in [1.54, 1.807) is 11.8 Å². The van der Waals surface area contributed by atoms with Crippen molar-refractivity contribution in [1.29, 1.82) is 0 Å². The van der Waals surface area contributed by atoms with E-state index in [4.69, 9.17) is 0 Å². The third kappa shape index (κ3) is 3.82. The molecule has 1 aromatic carbocycles. The van der Waals surface area contributed by atoms with Crippen molar-refractivity contribution in [2.24, 2.45) is 5.92 Å². The second kappa shape index (κ2) is 8.09. The fourth-order valence-corrected chi connectivity index (χ4v) is 5.30. The van der Waals surface area contributed by atoms with E-state index in [9.17, 15) is 9.59 Å². The molecular formula is C21H26ClN3O2S. The number of nitrogens with zero attached hydrogens (tertiary/aromatic N) is 2. The molecule has 1 saturated carbocycles. The molecule has 2 aromatic rings. The number of hydrogen-bond donors (Lipinski definition) is 1. The number of H-pyrrole nitrogens is 1. The van der Waals surface area contributed by atoms with Crippen molar-refractivity contribution >= 4 is 41.0 Å². The molecule has 0 spiro atoms. The predicted molar refractivity (Wildman–Crippen MR) is 117 cm³/mol. The van der Waals surface area contributed by atoms with Gasteiger partial charge in [-0.3, -0.25) is 14.5 Å². The Labute approximate surface area is 175 Å². The van der Waals surface area contributed by atoms with E-state index in [-0.39, 0.29) is 23.9 Å². The van der Waals surface area contributed by atoms with Gasteiger partial charge in [-0.15, -0.1) is 12.4 Å². The molecule has 5 rings (SSSR count). The van der Waals surface area contributed by atoms with Crippen molar-refractivity contribution in [2.45, 2.75) is 25.0 Å². The third-order valence-electron chi connectivity index (χ3n) is 6.09. The van der Waals surface area contributed by atoms with Crippen LogP contribution in [0.3, 0.4) is 0 Å². The number of fused-ring (bicyclic) bond motifs is 3.